The first-order valence-electron chi connectivity index (χ1n) is 13.5. The number of H-pyrrole nitrogens is 1. The van der Waals surface area contributed by atoms with E-state index in [2.05, 4.69) is 42.7 Å². The third kappa shape index (κ3) is 5.45. The summed E-state index contributed by atoms with van der Waals surface area (Å²) >= 11 is 0. The molecule has 0 bridgehead atoms. The number of aromatic amines is 1. The van der Waals surface area contributed by atoms with Crippen LogP contribution in [-0.4, -0.2) is 50.5 Å². The van der Waals surface area contributed by atoms with Crippen molar-refractivity contribution in [1.82, 2.24) is 29.7 Å². The second-order valence-corrected chi connectivity index (χ2v) is 10.4. The molecule has 1 atom stereocenters. The summed E-state index contributed by atoms with van der Waals surface area (Å²) in [6.07, 6.45) is 5.72. The van der Waals surface area contributed by atoms with E-state index >= 15 is 0 Å². The molecule has 0 aliphatic carbocycles. The zero-order valence-electron chi connectivity index (χ0n) is 23.0. The fourth-order valence-electron chi connectivity index (χ4n) is 5.91. The van der Waals surface area contributed by atoms with Gasteiger partial charge in [-0.3, -0.25) is 14.5 Å². The Morgan fingerprint density at radius 2 is 1.87 bits per heavy atom. The number of likely N-dealkylation sites (tertiary alicyclic amines) is 1. The van der Waals surface area contributed by atoms with E-state index in [1.807, 2.05) is 31.2 Å². The molecule has 4 aromatic rings. The zero-order valence-corrected chi connectivity index (χ0v) is 23.0. The number of benzene rings is 1. The van der Waals surface area contributed by atoms with Crippen LogP contribution in [0.2, 0.25) is 0 Å². The molecule has 0 radical (unpaired) electrons. The molecule has 204 valence electrons. The van der Waals surface area contributed by atoms with Crippen molar-refractivity contribution in [2.45, 2.75) is 52.7 Å². The number of carbonyl (C=O) groups is 1. The van der Waals surface area contributed by atoms with Crippen LogP contribution in [0.4, 0.5) is 0 Å². The third-order valence-electron chi connectivity index (χ3n) is 7.96. The van der Waals surface area contributed by atoms with Crippen molar-refractivity contribution < 1.29 is 9.53 Å². The molecular weight excluding hydrogens is 492 g/mol. The summed E-state index contributed by atoms with van der Waals surface area (Å²) in [4.78, 5) is 40.1. The van der Waals surface area contributed by atoms with Crippen LogP contribution in [0.3, 0.4) is 0 Å². The molecule has 1 fully saturated rings. The summed E-state index contributed by atoms with van der Waals surface area (Å²) in [6.45, 7) is 8.91. The van der Waals surface area contributed by atoms with E-state index in [0.29, 0.717) is 28.5 Å². The molecular formula is C30H36N6O3. The largest absolute Gasteiger partial charge is 0.496 e. The number of aromatic nitrogens is 4. The van der Waals surface area contributed by atoms with Gasteiger partial charge in [-0.25, -0.2) is 9.97 Å². The second-order valence-electron chi connectivity index (χ2n) is 10.4. The molecule has 39 heavy (non-hydrogen) atoms. The number of nitrogens with zero attached hydrogens (tertiary/aromatic N) is 4. The maximum Gasteiger partial charge on any atom is 0.256 e. The molecule has 3 aromatic heterocycles. The predicted molar refractivity (Wildman–Crippen MR) is 151 cm³/mol. The smallest absolute Gasteiger partial charge is 0.256 e. The van der Waals surface area contributed by atoms with Gasteiger partial charge in [0.1, 0.15) is 11.6 Å². The lowest BCUT2D eigenvalue weighted by Gasteiger charge is -2.35. The SMILES string of the molecule is COc1cc(C)[nH]c(=O)c1CNC(=O)c1c(C)n(C(C)C2CCN(Cc3ncccn3)CC2)c2ccccc12. The second kappa shape index (κ2) is 11.4. The number of carbonyl (C=O) groups excluding carboxylic acids is 1. The zero-order chi connectivity index (χ0) is 27.5. The average Bonchev–Trinajstić information content (AvgIpc) is 3.24. The first kappa shape index (κ1) is 26.6. The molecule has 9 heteroatoms. The molecule has 2 N–H and O–H groups in total. The minimum atomic E-state index is -0.259. The van der Waals surface area contributed by atoms with Crippen LogP contribution in [0.15, 0.2) is 53.6 Å². The number of fused-ring (bicyclic) bond motifs is 1. The maximum atomic E-state index is 13.6. The average molecular weight is 529 g/mol. The highest BCUT2D eigenvalue weighted by molar-refractivity contribution is 6.08. The first-order valence-corrected chi connectivity index (χ1v) is 13.5. The molecule has 1 aliphatic rings. The number of methoxy groups -OCH3 is 1. The van der Waals surface area contributed by atoms with E-state index in [0.717, 1.165) is 54.9 Å². The van der Waals surface area contributed by atoms with Crippen LogP contribution in [-0.2, 0) is 13.1 Å². The van der Waals surface area contributed by atoms with Gasteiger partial charge in [0.25, 0.3) is 11.5 Å². The van der Waals surface area contributed by atoms with Gasteiger partial charge in [-0.05, 0) is 70.8 Å². The number of pyridine rings is 1. The summed E-state index contributed by atoms with van der Waals surface area (Å²) in [5.41, 5.74) is 3.49. The lowest BCUT2D eigenvalue weighted by molar-refractivity contribution is 0.0951. The number of hydrogen-bond acceptors (Lipinski definition) is 6. The van der Waals surface area contributed by atoms with E-state index in [1.165, 1.54) is 7.11 Å². The van der Waals surface area contributed by atoms with Crippen molar-refractivity contribution in [2.75, 3.05) is 20.2 Å². The number of rotatable bonds is 8. The Kier molecular flexibility index (Phi) is 7.79. The van der Waals surface area contributed by atoms with Gasteiger partial charge in [-0.15, -0.1) is 0 Å². The van der Waals surface area contributed by atoms with Crippen LogP contribution >= 0.6 is 0 Å². The standard InChI is InChI=1S/C30H36N6O3/c1-19-16-26(39-4)24(29(37)34-19)17-33-30(38)28-21(3)36(25-9-6-5-8-23(25)28)20(2)22-10-14-35(15-11-22)18-27-31-12-7-13-32-27/h5-9,12-13,16,20,22H,10-11,14-15,17-18H2,1-4H3,(H,33,38)(H,34,37). The topological polar surface area (TPSA) is 105 Å². The quantitative estimate of drug-likeness (QED) is 0.356. The van der Waals surface area contributed by atoms with Crippen molar-refractivity contribution in [2.24, 2.45) is 5.92 Å². The minimum Gasteiger partial charge on any atom is -0.496 e. The highest BCUT2D eigenvalue weighted by atomic mass is 16.5. The Morgan fingerprint density at radius 1 is 1.15 bits per heavy atom. The van der Waals surface area contributed by atoms with E-state index < -0.39 is 0 Å². The molecule has 1 saturated heterocycles. The number of amides is 1. The molecule has 0 spiro atoms. The van der Waals surface area contributed by atoms with Gasteiger partial charge in [0.15, 0.2) is 0 Å². The lowest BCUT2D eigenvalue weighted by atomic mass is 9.90. The summed E-state index contributed by atoms with van der Waals surface area (Å²) in [5.74, 6) is 1.61. The molecule has 0 saturated carbocycles. The summed E-state index contributed by atoms with van der Waals surface area (Å²) in [6, 6.07) is 11.9. The number of piperidine rings is 1. The number of aryl methyl sites for hydroxylation is 1. The Labute approximate surface area is 228 Å². The van der Waals surface area contributed by atoms with Crippen LogP contribution in [0.1, 0.15) is 58.9 Å². The highest BCUT2D eigenvalue weighted by Gasteiger charge is 2.29. The third-order valence-corrected chi connectivity index (χ3v) is 7.96. The fourth-order valence-corrected chi connectivity index (χ4v) is 5.91. The van der Waals surface area contributed by atoms with Crippen LogP contribution in [0.5, 0.6) is 5.75 Å². The number of para-hydroxylation sites is 1. The molecule has 4 heterocycles. The van der Waals surface area contributed by atoms with Crippen molar-refractivity contribution >= 4 is 16.8 Å². The monoisotopic (exact) mass is 528 g/mol. The molecule has 1 aromatic carbocycles. The van der Waals surface area contributed by atoms with Gasteiger partial charge in [-0.2, -0.15) is 0 Å². The van der Waals surface area contributed by atoms with Gasteiger partial charge >= 0.3 is 0 Å². The van der Waals surface area contributed by atoms with Crippen LogP contribution < -0.4 is 15.6 Å². The predicted octanol–water partition coefficient (Wildman–Crippen LogP) is 4.15. The minimum absolute atomic E-state index is 0.0791. The number of nitrogens with one attached hydrogen (secondary N) is 2. The van der Waals surface area contributed by atoms with Gasteiger partial charge in [0.05, 0.1) is 31.3 Å². The Morgan fingerprint density at radius 3 is 2.59 bits per heavy atom. The van der Waals surface area contributed by atoms with E-state index in [9.17, 15) is 9.59 Å². The summed E-state index contributed by atoms with van der Waals surface area (Å²) < 4.78 is 7.72. The molecule has 1 unspecified atom stereocenters. The maximum absolute atomic E-state index is 13.6. The highest BCUT2D eigenvalue weighted by Crippen LogP contribution is 2.36. The van der Waals surface area contributed by atoms with Gasteiger partial charge in [0.2, 0.25) is 0 Å². The van der Waals surface area contributed by atoms with Crippen LogP contribution in [0, 0.1) is 19.8 Å². The first-order chi connectivity index (χ1) is 18.9. The molecule has 5 rings (SSSR count). The van der Waals surface area contributed by atoms with Crippen molar-refractivity contribution in [1.29, 1.82) is 0 Å². The Hall–Kier alpha value is -3.98. The van der Waals surface area contributed by atoms with E-state index in [1.54, 1.807) is 25.4 Å². The molecule has 1 amide bonds. The molecule has 1 aliphatic heterocycles. The van der Waals surface area contributed by atoms with E-state index in [-0.39, 0.29) is 24.1 Å². The normalized spacial score (nSPS) is 15.4. The van der Waals surface area contributed by atoms with Crippen molar-refractivity contribution in [3.63, 3.8) is 0 Å². The van der Waals surface area contributed by atoms with Crippen LogP contribution in [0.25, 0.3) is 10.9 Å². The van der Waals surface area contributed by atoms with E-state index in [4.69, 9.17) is 4.74 Å². The van der Waals surface area contributed by atoms with Gasteiger partial charge in [-0.1, -0.05) is 18.2 Å². The molecule has 9 nitrogen and oxygen atoms in total. The number of hydrogen-bond donors (Lipinski definition) is 2. The summed E-state index contributed by atoms with van der Waals surface area (Å²) in [7, 11) is 1.53. The summed E-state index contributed by atoms with van der Waals surface area (Å²) in [5, 5.41) is 3.89. The number of ether oxygens (including phenoxy) is 1. The fraction of sp³-hybridized carbons (Fsp3) is 0.400. The van der Waals surface area contributed by atoms with Gasteiger partial charge < -0.3 is 19.6 Å². The Bertz CT molecular complexity index is 1520. The van der Waals surface area contributed by atoms with Gasteiger partial charge in [0, 0.05) is 40.7 Å². The Balaban J connectivity index is 1.35. The van der Waals surface area contributed by atoms with Crippen molar-refractivity contribution in [3.8, 4) is 5.75 Å². The van der Waals surface area contributed by atoms with Crippen molar-refractivity contribution in [3.05, 3.63) is 87.5 Å². The lowest BCUT2D eigenvalue weighted by Crippen LogP contribution is -2.36.